The molecule has 6 heteroatoms. The van der Waals surface area contributed by atoms with Gasteiger partial charge in [-0.25, -0.2) is 0 Å². The number of likely N-dealkylation sites (tertiary alicyclic amines) is 1. The van der Waals surface area contributed by atoms with E-state index in [2.05, 4.69) is 6.07 Å². The van der Waals surface area contributed by atoms with Crippen molar-refractivity contribution in [3.05, 3.63) is 59.2 Å². The van der Waals surface area contributed by atoms with Gasteiger partial charge < -0.3 is 4.74 Å². The number of benzene rings is 2. The van der Waals surface area contributed by atoms with E-state index in [1.165, 1.54) is 11.1 Å². The molecule has 1 saturated heterocycles. The van der Waals surface area contributed by atoms with Gasteiger partial charge in [-0.05, 0) is 47.6 Å². The topological polar surface area (TPSA) is 80.8 Å². The third-order valence-electron chi connectivity index (χ3n) is 6.70. The molecule has 1 aliphatic heterocycles. The summed E-state index contributed by atoms with van der Waals surface area (Å²) in [6.07, 6.45) is 4.09. The highest BCUT2D eigenvalue weighted by atomic mass is 16.5. The highest BCUT2D eigenvalue weighted by Gasteiger charge is 2.48. The summed E-state index contributed by atoms with van der Waals surface area (Å²) in [5.41, 5.74) is 5.03. The predicted molar refractivity (Wildman–Crippen MR) is 112 cm³/mol. The van der Waals surface area contributed by atoms with Crippen molar-refractivity contribution in [1.29, 1.82) is 0 Å². The van der Waals surface area contributed by atoms with Crippen molar-refractivity contribution >= 4 is 23.6 Å². The Hall–Kier alpha value is -3.28. The van der Waals surface area contributed by atoms with Crippen molar-refractivity contribution < 1.29 is 23.9 Å². The van der Waals surface area contributed by atoms with Crippen LogP contribution in [-0.2, 0) is 25.5 Å². The number of carbonyl (C=O) groups is 4. The monoisotopic (exact) mass is 417 g/mol. The highest BCUT2D eigenvalue weighted by Crippen LogP contribution is 2.38. The Bertz CT molecular complexity index is 1080. The van der Waals surface area contributed by atoms with Crippen molar-refractivity contribution in [2.75, 3.05) is 13.2 Å². The number of nitrogens with zero attached hydrogens (tertiary/aromatic N) is 1. The molecule has 5 rings (SSSR count). The fraction of sp³-hybridized carbons (Fsp3) is 0.360. The largest absolute Gasteiger partial charge is 0.456 e. The Morgan fingerprint density at radius 2 is 1.58 bits per heavy atom. The summed E-state index contributed by atoms with van der Waals surface area (Å²) in [5, 5.41) is 0. The van der Waals surface area contributed by atoms with Crippen LogP contribution in [-0.4, -0.2) is 41.6 Å². The van der Waals surface area contributed by atoms with E-state index < -0.39 is 19.1 Å². The minimum Gasteiger partial charge on any atom is -0.456 e. The molecule has 0 spiro atoms. The lowest BCUT2D eigenvalue weighted by atomic mass is 9.81. The van der Waals surface area contributed by atoms with Crippen LogP contribution >= 0.6 is 0 Å². The Kier molecular flexibility index (Phi) is 4.93. The molecule has 158 valence electrons. The lowest BCUT2D eigenvalue weighted by molar-refractivity contribution is -0.152. The van der Waals surface area contributed by atoms with Crippen molar-refractivity contribution in [2.24, 2.45) is 11.8 Å². The number of imide groups is 1. The Morgan fingerprint density at radius 3 is 2.32 bits per heavy atom. The Morgan fingerprint density at radius 1 is 0.903 bits per heavy atom. The number of hydrogen-bond acceptors (Lipinski definition) is 5. The van der Waals surface area contributed by atoms with Crippen molar-refractivity contribution in [3.63, 3.8) is 0 Å². The van der Waals surface area contributed by atoms with Gasteiger partial charge in [-0.3, -0.25) is 24.1 Å². The molecule has 31 heavy (non-hydrogen) atoms. The molecule has 2 amide bonds. The molecule has 1 saturated carbocycles. The van der Waals surface area contributed by atoms with E-state index in [1.807, 2.05) is 30.3 Å². The van der Waals surface area contributed by atoms with Gasteiger partial charge in [0.05, 0.1) is 11.8 Å². The molecule has 2 aromatic carbocycles. The van der Waals surface area contributed by atoms with Crippen molar-refractivity contribution in [2.45, 2.75) is 32.1 Å². The maximum atomic E-state index is 12.6. The summed E-state index contributed by atoms with van der Waals surface area (Å²) in [6.45, 7) is -0.835. The number of fused-ring (bicyclic) bond motifs is 4. The van der Waals surface area contributed by atoms with Crippen LogP contribution in [0.4, 0.5) is 0 Å². The summed E-state index contributed by atoms with van der Waals surface area (Å²) in [4.78, 5) is 50.9. The van der Waals surface area contributed by atoms with E-state index in [1.54, 1.807) is 6.07 Å². The first-order valence-electron chi connectivity index (χ1n) is 10.8. The summed E-state index contributed by atoms with van der Waals surface area (Å²) in [7, 11) is 0. The van der Waals surface area contributed by atoms with Gasteiger partial charge in [0.1, 0.15) is 6.54 Å². The quantitative estimate of drug-likeness (QED) is 0.362. The summed E-state index contributed by atoms with van der Waals surface area (Å²) in [6, 6.07) is 13.6. The predicted octanol–water partition coefficient (Wildman–Crippen LogP) is 3.16. The van der Waals surface area contributed by atoms with Crippen LogP contribution in [0.5, 0.6) is 0 Å². The minimum atomic E-state index is -0.736. The maximum Gasteiger partial charge on any atom is 0.326 e. The zero-order valence-electron chi connectivity index (χ0n) is 17.1. The second kappa shape index (κ2) is 7.76. The standard InChI is InChI=1S/C25H23NO5/c27-22(17-10-9-16-11-15-5-1-2-6-18(15)21(16)12-17)14-31-23(28)13-26-24(29)19-7-3-4-8-20(19)25(26)30/h1-2,5-6,9-10,12,19-20H,3-4,7-8,11,13-14H2/t19-,20-/m1/s1. The molecule has 0 radical (unpaired) electrons. The third kappa shape index (κ3) is 3.46. The molecule has 2 fully saturated rings. The fourth-order valence-electron chi connectivity index (χ4n) is 5.09. The number of ketones is 1. The molecule has 2 atom stereocenters. The van der Waals surface area contributed by atoms with E-state index in [-0.39, 0.29) is 29.4 Å². The average Bonchev–Trinajstić information content (AvgIpc) is 3.28. The fourth-order valence-corrected chi connectivity index (χ4v) is 5.09. The summed E-state index contributed by atoms with van der Waals surface area (Å²) >= 11 is 0. The molecule has 6 nitrogen and oxygen atoms in total. The van der Waals surface area contributed by atoms with E-state index in [0.29, 0.717) is 18.4 Å². The maximum absolute atomic E-state index is 12.6. The van der Waals surface area contributed by atoms with E-state index in [0.717, 1.165) is 35.3 Å². The van der Waals surface area contributed by atoms with Gasteiger partial charge in [0.25, 0.3) is 0 Å². The lowest BCUT2D eigenvalue weighted by Crippen LogP contribution is -2.37. The number of rotatable bonds is 5. The molecular formula is C25H23NO5. The van der Waals surface area contributed by atoms with Crippen molar-refractivity contribution in [3.8, 4) is 11.1 Å². The molecular weight excluding hydrogens is 394 g/mol. The second-order valence-corrected chi connectivity index (χ2v) is 8.55. The zero-order chi connectivity index (χ0) is 21.5. The zero-order valence-corrected chi connectivity index (χ0v) is 17.1. The van der Waals surface area contributed by atoms with Crippen LogP contribution in [0.15, 0.2) is 42.5 Å². The van der Waals surface area contributed by atoms with Gasteiger partial charge in [0.15, 0.2) is 12.4 Å². The third-order valence-corrected chi connectivity index (χ3v) is 6.70. The van der Waals surface area contributed by atoms with Gasteiger partial charge in [-0.2, -0.15) is 0 Å². The minimum absolute atomic E-state index is 0.282. The lowest BCUT2D eigenvalue weighted by Gasteiger charge is -2.19. The average molecular weight is 417 g/mol. The molecule has 2 aromatic rings. The van der Waals surface area contributed by atoms with Gasteiger partial charge >= 0.3 is 5.97 Å². The smallest absolute Gasteiger partial charge is 0.326 e. The van der Waals surface area contributed by atoms with Gasteiger partial charge in [0, 0.05) is 5.56 Å². The van der Waals surface area contributed by atoms with E-state index in [9.17, 15) is 19.2 Å². The van der Waals surface area contributed by atoms with E-state index >= 15 is 0 Å². The molecule has 0 N–H and O–H groups in total. The van der Waals surface area contributed by atoms with Crippen LogP contribution in [0.2, 0.25) is 0 Å². The molecule has 0 bridgehead atoms. The Balaban J connectivity index is 1.21. The van der Waals surface area contributed by atoms with Gasteiger partial charge in [-0.15, -0.1) is 0 Å². The first-order valence-corrected chi connectivity index (χ1v) is 10.8. The number of esters is 1. The van der Waals surface area contributed by atoms with Crippen LogP contribution in [0.1, 0.15) is 47.2 Å². The van der Waals surface area contributed by atoms with Crippen LogP contribution < -0.4 is 0 Å². The van der Waals surface area contributed by atoms with E-state index in [4.69, 9.17) is 4.74 Å². The second-order valence-electron chi connectivity index (χ2n) is 8.55. The molecule has 0 aromatic heterocycles. The number of hydrogen-bond donors (Lipinski definition) is 0. The van der Waals surface area contributed by atoms with Crippen LogP contribution in [0.3, 0.4) is 0 Å². The number of Topliss-reactive ketones (excluding diaryl/α,β-unsaturated/α-hetero) is 1. The summed E-state index contributed by atoms with van der Waals surface area (Å²) < 4.78 is 5.12. The normalized spacial score (nSPS) is 21.5. The molecule has 1 heterocycles. The highest BCUT2D eigenvalue weighted by molar-refractivity contribution is 6.07. The molecule has 2 aliphatic carbocycles. The number of ether oxygens (including phenoxy) is 1. The van der Waals surface area contributed by atoms with Crippen LogP contribution in [0, 0.1) is 11.8 Å². The number of amides is 2. The van der Waals surface area contributed by atoms with Gasteiger partial charge in [0.2, 0.25) is 11.8 Å². The summed E-state index contributed by atoms with van der Waals surface area (Å²) in [5.74, 6) is -2.21. The Labute approximate surface area is 180 Å². The van der Waals surface area contributed by atoms with Crippen LogP contribution in [0.25, 0.3) is 11.1 Å². The first-order chi connectivity index (χ1) is 15.0. The number of carbonyl (C=O) groups excluding carboxylic acids is 4. The molecule has 0 unspecified atom stereocenters. The SMILES string of the molecule is O=C(CN1C(=O)[C@@H]2CCCC[C@H]2C1=O)OCC(=O)c1ccc2c(c1)-c1ccccc1C2. The molecule has 3 aliphatic rings. The van der Waals surface area contributed by atoms with Crippen molar-refractivity contribution in [1.82, 2.24) is 4.90 Å². The van der Waals surface area contributed by atoms with Gasteiger partial charge in [-0.1, -0.05) is 49.2 Å². The first kappa shape index (κ1) is 19.7.